The van der Waals surface area contributed by atoms with Crippen molar-refractivity contribution < 1.29 is 9.90 Å². The van der Waals surface area contributed by atoms with Gasteiger partial charge in [0.1, 0.15) is 5.03 Å². The van der Waals surface area contributed by atoms with Gasteiger partial charge in [0.05, 0.1) is 5.56 Å². The van der Waals surface area contributed by atoms with Crippen LogP contribution in [0.3, 0.4) is 0 Å². The van der Waals surface area contributed by atoms with Crippen LogP contribution in [0.1, 0.15) is 10.4 Å². The molecule has 0 radical (unpaired) electrons. The number of rotatable bonds is 3. The lowest BCUT2D eigenvalue weighted by molar-refractivity contribution is 0.0696. The lowest BCUT2D eigenvalue weighted by Crippen LogP contribution is -2.12. The van der Waals surface area contributed by atoms with Gasteiger partial charge in [-0.05, 0) is 23.9 Å². The SMILES string of the molecule is Cn1c(Sc2ccc(C(=O)O)cn2)n[nH]c1=O. The number of carbonyl (C=O) groups is 1. The monoisotopic (exact) mass is 252 g/mol. The molecule has 0 saturated heterocycles. The first-order valence-corrected chi connectivity index (χ1v) is 5.38. The second-order valence-corrected chi connectivity index (χ2v) is 4.15. The Balaban J connectivity index is 2.22. The first-order chi connectivity index (χ1) is 8.08. The van der Waals surface area contributed by atoms with E-state index in [0.29, 0.717) is 10.2 Å². The molecule has 0 aromatic carbocycles. The minimum absolute atomic E-state index is 0.116. The Kier molecular flexibility index (Phi) is 2.96. The standard InChI is InChI=1S/C9H8N4O3S/c1-13-8(16)11-12-9(13)17-6-3-2-5(4-10-6)7(14)15/h2-4H,1H3,(H,11,16)(H,14,15). The van der Waals surface area contributed by atoms with E-state index < -0.39 is 5.97 Å². The van der Waals surface area contributed by atoms with Crippen LogP contribution in [-0.4, -0.2) is 30.8 Å². The maximum atomic E-state index is 11.1. The molecule has 0 saturated carbocycles. The highest BCUT2D eigenvalue weighted by Gasteiger charge is 2.08. The highest BCUT2D eigenvalue weighted by atomic mass is 32.2. The first kappa shape index (κ1) is 11.4. The van der Waals surface area contributed by atoms with Crippen LogP contribution in [-0.2, 0) is 7.05 Å². The van der Waals surface area contributed by atoms with Crippen molar-refractivity contribution in [3.63, 3.8) is 0 Å². The molecule has 88 valence electrons. The molecule has 0 unspecified atom stereocenters. The fourth-order valence-electron chi connectivity index (χ4n) is 1.08. The Hall–Kier alpha value is -2.09. The molecule has 0 fully saturated rings. The molecule has 0 bridgehead atoms. The molecule has 17 heavy (non-hydrogen) atoms. The summed E-state index contributed by atoms with van der Waals surface area (Å²) in [5.41, 5.74) is -0.195. The van der Waals surface area contributed by atoms with E-state index in [-0.39, 0.29) is 11.3 Å². The average Bonchev–Trinajstić information content (AvgIpc) is 2.62. The average molecular weight is 252 g/mol. The lowest BCUT2D eigenvalue weighted by atomic mass is 10.3. The molecule has 2 N–H and O–H groups in total. The maximum Gasteiger partial charge on any atom is 0.343 e. The van der Waals surface area contributed by atoms with Gasteiger partial charge in [0.2, 0.25) is 0 Å². The molecule has 2 aromatic heterocycles. The Bertz CT molecular complexity index is 601. The molecule has 2 aromatic rings. The van der Waals surface area contributed by atoms with Gasteiger partial charge in [-0.15, -0.1) is 5.10 Å². The van der Waals surface area contributed by atoms with Crippen LogP contribution in [0.15, 0.2) is 33.3 Å². The summed E-state index contributed by atoms with van der Waals surface area (Å²) < 4.78 is 1.34. The largest absolute Gasteiger partial charge is 0.478 e. The first-order valence-electron chi connectivity index (χ1n) is 4.56. The number of aromatic nitrogens is 4. The Morgan fingerprint density at radius 3 is 2.76 bits per heavy atom. The molecule has 2 heterocycles. The quantitative estimate of drug-likeness (QED) is 0.817. The van der Waals surface area contributed by atoms with Crippen LogP contribution in [0.5, 0.6) is 0 Å². The third-order valence-corrected chi connectivity index (χ3v) is 3.02. The van der Waals surface area contributed by atoms with Crippen LogP contribution < -0.4 is 5.69 Å². The third-order valence-electron chi connectivity index (χ3n) is 2.02. The van der Waals surface area contributed by atoms with Gasteiger partial charge in [-0.2, -0.15) is 0 Å². The summed E-state index contributed by atoms with van der Waals surface area (Å²) in [6.45, 7) is 0. The molecule has 0 amide bonds. The van der Waals surface area contributed by atoms with E-state index in [1.807, 2.05) is 0 Å². The summed E-state index contributed by atoms with van der Waals surface area (Å²) in [7, 11) is 1.58. The minimum atomic E-state index is -1.03. The van der Waals surface area contributed by atoms with E-state index in [2.05, 4.69) is 15.2 Å². The van der Waals surface area contributed by atoms with Crippen molar-refractivity contribution in [1.29, 1.82) is 0 Å². The van der Waals surface area contributed by atoms with Gasteiger partial charge in [0.25, 0.3) is 0 Å². The van der Waals surface area contributed by atoms with E-state index in [1.165, 1.54) is 28.6 Å². The summed E-state index contributed by atoms with van der Waals surface area (Å²) >= 11 is 1.17. The van der Waals surface area contributed by atoms with Gasteiger partial charge in [0, 0.05) is 13.2 Å². The zero-order valence-electron chi connectivity index (χ0n) is 8.75. The van der Waals surface area contributed by atoms with E-state index in [0.717, 1.165) is 0 Å². The van der Waals surface area contributed by atoms with E-state index in [4.69, 9.17) is 5.11 Å². The van der Waals surface area contributed by atoms with Crippen molar-refractivity contribution in [3.8, 4) is 0 Å². The summed E-state index contributed by atoms with van der Waals surface area (Å²) in [5, 5.41) is 15.8. The van der Waals surface area contributed by atoms with E-state index in [1.54, 1.807) is 13.1 Å². The molecule has 8 heteroatoms. The molecule has 7 nitrogen and oxygen atoms in total. The van der Waals surface area contributed by atoms with Crippen molar-refractivity contribution in [2.24, 2.45) is 7.05 Å². The van der Waals surface area contributed by atoms with Gasteiger partial charge < -0.3 is 5.11 Å². The van der Waals surface area contributed by atoms with E-state index in [9.17, 15) is 9.59 Å². The minimum Gasteiger partial charge on any atom is -0.478 e. The Morgan fingerprint density at radius 2 is 2.29 bits per heavy atom. The zero-order valence-corrected chi connectivity index (χ0v) is 9.56. The zero-order chi connectivity index (χ0) is 12.4. The summed E-state index contributed by atoms with van der Waals surface area (Å²) in [5.74, 6) is -1.03. The van der Waals surface area contributed by atoms with Crippen LogP contribution in [0.4, 0.5) is 0 Å². The van der Waals surface area contributed by atoms with Crippen LogP contribution >= 0.6 is 11.8 Å². The second kappa shape index (κ2) is 4.42. The number of carboxylic acid groups (broad SMARTS) is 1. The number of nitrogens with one attached hydrogen (secondary N) is 1. The number of hydrogen-bond acceptors (Lipinski definition) is 5. The molecular formula is C9H8N4O3S. The number of aromatic carboxylic acids is 1. The van der Waals surface area contributed by atoms with Crippen molar-refractivity contribution in [3.05, 3.63) is 34.4 Å². The number of pyridine rings is 1. The molecular weight excluding hydrogens is 244 g/mol. The predicted molar refractivity (Wildman–Crippen MR) is 59.1 cm³/mol. The van der Waals surface area contributed by atoms with Crippen LogP contribution in [0.2, 0.25) is 0 Å². The summed E-state index contributed by atoms with van der Waals surface area (Å²) in [6, 6.07) is 3.01. The van der Waals surface area contributed by atoms with Crippen LogP contribution in [0, 0.1) is 0 Å². The second-order valence-electron chi connectivity index (χ2n) is 3.16. The molecule has 0 aliphatic heterocycles. The molecule has 0 aliphatic carbocycles. The van der Waals surface area contributed by atoms with Crippen molar-refractivity contribution in [2.45, 2.75) is 10.2 Å². The molecule has 2 rings (SSSR count). The van der Waals surface area contributed by atoms with Crippen LogP contribution in [0.25, 0.3) is 0 Å². The maximum absolute atomic E-state index is 11.1. The highest BCUT2D eigenvalue weighted by Crippen LogP contribution is 2.22. The van der Waals surface area contributed by atoms with Gasteiger partial charge in [-0.1, -0.05) is 0 Å². The number of aromatic amines is 1. The predicted octanol–water partition coefficient (Wildman–Crippen LogP) is 0.353. The van der Waals surface area contributed by atoms with Crippen molar-refractivity contribution in [2.75, 3.05) is 0 Å². The number of nitrogens with zero attached hydrogens (tertiary/aromatic N) is 3. The Morgan fingerprint density at radius 1 is 1.53 bits per heavy atom. The fourth-order valence-corrected chi connectivity index (χ4v) is 1.82. The molecule has 0 aliphatic rings. The molecule has 0 atom stereocenters. The normalized spacial score (nSPS) is 10.4. The van der Waals surface area contributed by atoms with Gasteiger partial charge in [-0.25, -0.2) is 19.7 Å². The number of H-pyrrole nitrogens is 1. The Labute approximate surface area is 99.5 Å². The smallest absolute Gasteiger partial charge is 0.343 e. The fraction of sp³-hybridized carbons (Fsp3) is 0.111. The summed E-state index contributed by atoms with van der Waals surface area (Å²) in [4.78, 5) is 25.7. The lowest BCUT2D eigenvalue weighted by Gasteiger charge is -1.99. The van der Waals surface area contributed by atoms with Gasteiger partial charge >= 0.3 is 11.7 Å². The van der Waals surface area contributed by atoms with Crippen molar-refractivity contribution in [1.82, 2.24) is 19.7 Å². The highest BCUT2D eigenvalue weighted by molar-refractivity contribution is 7.99. The number of hydrogen-bond donors (Lipinski definition) is 2. The molecule has 0 spiro atoms. The summed E-state index contributed by atoms with van der Waals surface area (Å²) in [6.07, 6.45) is 1.26. The van der Waals surface area contributed by atoms with Crippen molar-refractivity contribution >= 4 is 17.7 Å². The number of carboxylic acids is 1. The van der Waals surface area contributed by atoms with E-state index >= 15 is 0 Å². The van der Waals surface area contributed by atoms with Gasteiger partial charge in [-0.3, -0.25) is 4.57 Å². The topological polar surface area (TPSA) is 101 Å². The van der Waals surface area contributed by atoms with Gasteiger partial charge in [0.15, 0.2) is 5.16 Å². The third kappa shape index (κ3) is 2.36.